The van der Waals surface area contributed by atoms with E-state index in [-0.39, 0.29) is 28.9 Å². The van der Waals surface area contributed by atoms with Gasteiger partial charge < -0.3 is 9.64 Å². The van der Waals surface area contributed by atoms with Gasteiger partial charge in [-0.2, -0.15) is 0 Å². The highest BCUT2D eigenvalue weighted by atomic mass is 19.1. The molecule has 1 saturated heterocycles. The maximum absolute atomic E-state index is 13.6. The van der Waals surface area contributed by atoms with E-state index in [1.165, 1.54) is 25.3 Å². The minimum atomic E-state index is -0.561. The number of nitrogens with zero attached hydrogens (tertiary/aromatic N) is 1. The summed E-state index contributed by atoms with van der Waals surface area (Å²) in [7, 11) is 1.37. The first kappa shape index (κ1) is 13.5. The molecule has 2 rings (SSSR count). The molecule has 1 aliphatic heterocycles. The van der Waals surface area contributed by atoms with Gasteiger partial charge in [0, 0.05) is 31.0 Å². The molecule has 1 heterocycles. The second-order valence-electron chi connectivity index (χ2n) is 4.72. The van der Waals surface area contributed by atoms with Crippen molar-refractivity contribution in [1.82, 2.24) is 4.90 Å². The van der Waals surface area contributed by atoms with Gasteiger partial charge in [0.25, 0.3) is 5.91 Å². The molecule has 0 saturated carbocycles. The lowest BCUT2D eigenvalue weighted by molar-refractivity contribution is -0.124. The molecule has 1 fully saturated rings. The summed E-state index contributed by atoms with van der Waals surface area (Å²) in [5, 5.41) is 0. The number of benzene rings is 1. The predicted octanol–water partition coefficient (Wildman–Crippen LogP) is 1.89. The average molecular weight is 265 g/mol. The van der Waals surface area contributed by atoms with E-state index in [4.69, 9.17) is 4.74 Å². The Morgan fingerprint density at radius 1 is 1.47 bits per heavy atom. The van der Waals surface area contributed by atoms with Gasteiger partial charge in [0.1, 0.15) is 5.78 Å². The topological polar surface area (TPSA) is 46.6 Å². The molecule has 0 bridgehead atoms. The number of carbonyl (C=O) groups is 2. The molecule has 0 N–H and O–H groups in total. The van der Waals surface area contributed by atoms with Crippen LogP contribution in [0, 0.1) is 11.7 Å². The van der Waals surface area contributed by atoms with E-state index in [0.29, 0.717) is 19.5 Å². The predicted molar refractivity (Wildman–Crippen MR) is 67.6 cm³/mol. The molecular weight excluding hydrogens is 249 g/mol. The van der Waals surface area contributed by atoms with Crippen molar-refractivity contribution >= 4 is 11.7 Å². The number of hydrogen-bond donors (Lipinski definition) is 0. The SMILES string of the molecule is COc1ccc(C(=O)N2CCC(=O)C(C)C2)cc1F. The normalized spacial score (nSPS) is 19.4. The van der Waals surface area contributed by atoms with Crippen LogP contribution in [0.1, 0.15) is 23.7 Å². The van der Waals surface area contributed by atoms with Crippen LogP contribution >= 0.6 is 0 Å². The van der Waals surface area contributed by atoms with Gasteiger partial charge in [-0.25, -0.2) is 4.39 Å². The lowest BCUT2D eigenvalue weighted by Gasteiger charge is -2.30. The van der Waals surface area contributed by atoms with Crippen molar-refractivity contribution in [2.75, 3.05) is 20.2 Å². The first-order chi connectivity index (χ1) is 9.02. The third-order valence-corrected chi connectivity index (χ3v) is 3.36. The summed E-state index contributed by atoms with van der Waals surface area (Å²) in [6, 6.07) is 4.13. The highest BCUT2D eigenvalue weighted by molar-refractivity contribution is 5.95. The second-order valence-corrected chi connectivity index (χ2v) is 4.72. The number of amides is 1. The van der Waals surface area contributed by atoms with E-state index in [0.717, 1.165) is 0 Å². The van der Waals surface area contributed by atoms with E-state index in [2.05, 4.69) is 0 Å². The van der Waals surface area contributed by atoms with Crippen molar-refractivity contribution in [3.63, 3.8) is 0 Å². The third-order valence-electron chi connectivity index (χ3n) is 3.36. The summed E-state index contributed by atoms with van der Waals surface area (Å²) in [6.45, 7) is 2.59. The fourth-order valence-electron chi connectivity index (χ4n) is 2.18. The van der Waals surface area contributed by atoms with Crippen LogP contribution in [0.15, 0.2) is 18.2 Å². The summed E-state index contributed by atoms with van der Waals surface area (Å²) in [5.41, 5.74) is 0.278. The largest absolute Gasteiger partial charge is 0.494 e. The maximum atomic E-state index is 13.6. The number of ketones is 1. The number of Topliss-reactive ketones (excluding diaryl/α,β-unsaturated/α-hetero) is 1. The summed E-state index contributed by atoms with van der Waals surface area (Å²) in [5.74, 6) is -0.681. The minimum Gasteiger partial charge on any atom is -0.494 e. The molecule has 1 aromatic rings. The zero-order valence-corrected chi connectivity index (χ0v) is 11.0. The quantitative estimate of drug-likeness (QED) is 0.820. The molecule has 0 aliphatic carbocycles. The smallest absolute Gasteiger partial charge is 0.253 e. The first-order valence-electron chi connectivity index (χ1n) is 6.18. The van der Waals surface area contributed by atoms with Crippen molar-refractivity contribution in [2.45, 2.75) is 13.3 Å². The summed E-state index contributed by atoms with van der Waals surface area (Å²) < 4.78 is 18.4. The van der Waals surface area contributed by atoms with Crippen LogP contribution in [-0.2, 0) is 4.79 Å². The van der Waals surface area contributed by atoms with Crippen molar-refractivity contribution in [3.8, 4) is 5.75 Å². The van der Waals surface area contributed by atoms with Crippen molar-refractivity contribution < 1.29 is 18.7 Å². The molecule has 0 spiro atoms. The number of methoxy groups -OCH3 is 1. The first-order valence-corrected chi connectivity index (χ1v) is 6.18. The van der Waals surface area contributed by atoms with Crippen molar-refractivity contribution in [1.29, 1.82) is 0 Å². The zero-order valence-electron chi connectivity index (χ0n) is 11.0. The molecule has 1 amide bonds. The second kappa shape index (κ2) is 5.38. The van der Waals surface area contributed by atoms with E-state index in [1.807, 2.05) is 0 Å². The van der Waals surface area contributed by atoms with Gasteiger partial charge in [0.2, 0.25) is 0 Å². The molecule has 4 nitrogen and oxygen atoms in total. The number of rotatable bonds is 2. The molecule has 102 valence electrons. The lowest BCUT2D eigenvalue weighted by atomic mass is 9.98. The minimum absolute atomic E-state index is 0.110. The van der Waals surface area contributed by atoms with E-state index >= 15 is 0 Å². The fourth-order valence-corrected chi connectivity index (χ4v) is 2.18. The lowest BCUT2D eigenvalue weighted by Crippen LogP contribution is -2.43. The molecular formula is C14H16FNO3. The molecule has 5 heteroatoms. The monoisotopic (exact) mass is 265 g/mol. The number of hydrogen-bond acceptors (Lipinski definition) is 3. The Kier molecular flexibility index (Phi) is 3.83. The molecule has 1 aromatic carbocycles. The highest BCUT2D eigenvalue weighted by Crippen LogP contribution is 2.20. The van der Waals surface area contributed by atoms with Gasteiger partial charge in [0.15, 0.2) is 11.6 Å². The molecule has 0 aromatic heterocycles. The summed E-state index contributed by atoms with van der Waals surface area (Å²) >= 11 is 0. The van der Waals surface area contributed by atoms with Crippen molar-refractivity contribution in [3.05, 3.63) is 29.6 Å². The van der Waals surface area contributed by atoms with E-state index in [9.17, 15) is 14.0 Å². The number of likely N-dealkylation sites (tertiary alicyclic amines) is 1. The Bertz CT molecular complexity index is 515. The molecule has 1 unspecified atom stereocenters. The van der Waals surface area contributed by atoms with Gasteiger partial charge in [-0.05, 0) is 18.2 Å². The summed E-state index contributed by atoms with van der Waals surface area (Å²) in [4.78, 5) is 25.2. The zero-order chi connectivity index (χ0) is 14.0. The van der Waals surface area contributed by atoms with Crippen LogP contribution in [0.5, 0.6) is 5.75 Å². The Morgan fingerprint density at radius 3 is 2.79 bits per heavy atom. The number of piperidine rings is 1. The van der Waals surface area contributed by atoms with E-state index in [1.54, 1.807) is 11.8 Å². The van der Waals surface area contributed by atoms with Crippen LogP contribution < -0.4 is 4.74 Å². The molecule has 1 aliphatic rings. The maximum Gasteiger partial charge on any atom is 0.253 e. The fraction of sp³-hybridized carbons (Fsp3) is 0.429. The van der Waals surface area contributed by atoms with Crippen LogP contribution in [0.25, 0.3) is 0 Å². The van der Waals surface area contributed by atoms with Crippen LogP contribution in [0.4, 0.5) is 4.39 Å². The Morgan fingerprint density at radius 2 is 2.21 bits per heavy atom. The molecule has 19 heavy (non-hydrogen) atoms. The number of ether oxygens (including phenoxy) is 1. The van der Waals surface area contributed by atoms with Gasteiger partial charge in [-0.1, -0.05) is 6.92 Å². The van der Waals surface area contributed by atoms with Gasteiger partial charge in [-0.15, -0.1) is 0 Å². The van der Waals surface area contributed by atoms with Gasteiger partial charge in [-0.3, -0.25) is 9.59 Å². The van der Waals surface area contributed by atoms with E-state index < -0.39 is 5.82 Å². The standard InChI is InChI=1S/C14H16FNO3/c1-9-8-16(6-5-12(9)17)14(18)10-3-4-13(19-2)11(15)7-10/h3-4,7,9H,5-6,8H2,1-2H3. The average Bonchev–Trinajstić information content (AvgIpc) is 2.41. The Balaban J connectivity index is 2.16. The van der Waals surface area contributed by atoms with Crippen LogP contribution in [0.3, 0.4) is 0 Å². The highest BCUT2D eigenvalue weighted by Gasteiger charge is 2.27. The van der Waals surface area contributed by atoms with Crippen LogP contribution in [0.2, 0.25) is 0 Å². The Hall–Kier alpha value is -1.91. The number of halogens is 1. The molecule has 0 radical (unpaired) electrons. The Labute approximate surface area is 111 Å². The van der Waals surface area contributed by atoms with Gasteiger partial charge in [0.05, 0.1) is 7.11 Å². The van der Waals surface area contributed by atoms with Crippen LogP contribution in [-0.4, -0.2) is 36.8 Å². The summed E-state index contributed by atoms with van der Waals surface area (Å²) in [6.07, 6.45) is 0.367. The third kappa shape index (κ3) is 2.75. The molecule has 1 atom stereocenters. The van der Waals surface area contributed by atoms with Crippen molar-refractivity contribution in [2.24, 2.45) is 5.92 Å². The van der Waals surface area contributed by atoms with Gasteiger partial charge >= 0.3 is 0 Å². The number of carbonyl (C=O) groups excluding carboxylic acids is 2.